The molecule has 0 spiro atoms. The van der Waals surface area contributed by atoms with Crippen molar-refractivity contribution in [3.05, 3.63) is 35.7 Å². The summed E-state index contributed by atoms with van der Waals surface area (Å²) in [4.78, 5) is 9.43. The van der Waals surface area contributed by atoms with Crippen molar-refractivity contribution < 1.29 is 0 Å². The van der Waals surface area contributed by atoms with Gasteiger partial charge in [0.1, 0.15) is 0 Å². The van der Waals surface area contributed by atoms with Crippen LogP contribution in [-0.4, -0.2) is 23.1 Å². The van der Waals surface area contributed by atoms with Crippen LogP contribution in [0, 0.1) is 12.3 Å². The maximum Gasteiger partial charge on any atom is 0.0890 e. The summed E-state index contributed by atoms with van der Waals surface area (Å²) in [5.41, 5.74) is 4.28. The van der Waals surface area contributed by atoms with Gasteiger partial charge in [-0.3, -0.25) is 0 Å². The van der Waals surface area contributed by atoms with Crippen LogP contribution < -0.4 is 5.32 Å². The highest BCUT2D eigenvalue weighted by atomic mass is 14.9. The minimum absolute atomic E-state index is 0.203. The molecular formula is C16H23N3. The molecule has 0 amide bonds. The fourth-order valence-electron chi connectivity index (χ4n) is 2.35. The van der Waals surface area contributed by atoms with E-state index in [1.165, 1.54) is 0 Å². The van der Waals surface area contributed by atoms with E-state index in [9.17, 15) is 0 Å². The van der Waals surface area contributed by atoms with E-state index in [1.807, 2.05) is 38.2 Å². The zero-order chi connectivity index (χ0) is 14.0. The van der Waals surface area contributed by atoms with E-state index < -0.39 is 0 Å². The number of fused-ring (bicyclic) bond motifs is 1. The second kappa shape index (κ2) is 5.25. The molecule has 0 radical (unpaired) electrons. The summed E-state index contributed by atoms with van der Waals surface area (Å²) in [6, 6.07) is 8.44. The molecule has 1 unspecified atom stereocenters. The van der Waals surface area contributed by atoms with Crippen molar-refractivity contribution in [3.8, 4) is 0 Å². The molecule has 1 aromatic carbocycles. The molecule has 2 rings (SSSR count). The Labute approximate surface area is 115 Å². The summed E-state index contributed by atoms with van der Waals surface area (Å²) in [5.74, 6) is 0. The van der Waals surface area contributed by atoms with E-state index in [0.29, 0.717) is 6.04 Å². The lowest BCUT2D eigenvalue weighted by Gasteiger charge is -2.30. The predicted octanol–water partition coefficient (Wildman–Crippen LogP) is 3.11. The molecule has 1 aromatic heterocycles. The van der Waals surface area contributed by atoms with Crippen molar-refractivity contribution in [2.75, 3.05) is 7.05 Å². The van der Waals surface area contributed by atoms with Gasteiger partial charge < -0.3 is 5.32 Å². The average molecular weight is 257 g/mol. The van der Waals surface area contributed by atoms with Crippen molar-refractivity contribution in [2.45, 2.75) is 40.2 Å². The van der Waals surface area contributed by atoms with Gasteiger partial charge in [0.05, 0.1) is 22.4 Å². The van der Waals surface area contributed by atoms with Gasteiger partial charge >= 0.3 is 0 Å². The van der Waals surface area contributed by atoms with Crippen LogP contribution >= 0.6 is 0 Å². The predicted molar refractivity (Wildman–Crippen MR) is 80.3 cm³/mol. The molecule has 1 N–H and O–H groups in total. The number of para-hydroxylation sites is 2. The molecule has 3 nitrogen and oxygen atoms in total. The first-order valence-electron chi connectivity index (χ1n) is 6.81. The maximum absolute atomic E-state index is 4.77. The van der Waals surface area contributed by atoms with E-state index in [-0.39, 0.29) is 5.41 Å². The fraction of sp³-hybridized carbons (Fsp3) is 0.500. The lowest BCUT2D eigenvalue weighted by atomic mass is 9.84. The lowest BCUT2D eigenvalue weighted by Crippen LogP contribution is -2.40. The summed E-state index contributed by atoms with van der Waals surface area (Å²) in [6.07, 6.45) is 0.906. The summed E-state index contributed by atoms with van der Waals surface area (Å²) in [5, 5.41) is 3.40. The van der Waals surface area contributed by atoms with Crippen molar-refractivity contribution in [1.82, 2.24) is 15.3 Å². The number of aromatic nitrogens is 2. The standard InChI is InChI=1S/C16H23N3/c1-11-14(10-15(17-5)16(2,3)4)19-13-9-7-6-8-12(13)18-11/h6-9,15,17H,10H2,1-5H3. The Morgan fingerprint density at radius 3 is 2.21 bits per heavy atom. The number of aryl methyl sites for hydroxylation is 1. The Morgan fingerprint density at radius 1 is 1.11 bits per heavy atom. The van der Waals surface area contributed by atoms with Crippen LogP contribution in [0.15, 0.2) is 24.3 Å². The quantitative estimate of drug-likeness (QED) is 0.918. The van der Waals surface area contributed by atoms with Gasteiger partial charge in [-0.1, -0.05) is 32.9 Å². The Kier molecular flexibility index (Phi) is 3.85. The van der Waals surface area contributed by atoms with Gasteiger partial charge in [-0.2, -0.15) is 0 Å². The van der Waals surface area contributed by atoms with E-state index >= 15 is 0 Å². The van der Waals surface area contributed by atoms with Crippen LogP contribution in [-0.2, 0) is 6.42 Å². The van der Waals surface area contributed by atoms with Gasteiger partial charge in [0.15, 0.2) is 0 Å². The number of rotatable bonds is 3. The Bertz CT molecular complexity index is 570. The van der Waals surface area contributed by atoms with E-state index in [1.54, 1.807) is 0 Å². The van der Waals surface area contributed by atoms with Crippen LogP contribution in [0.3, 0.4) is 0 Å². The maximum atomic E-state index is 4.77. The van der Waals surface area contributed by atoms with Crippen molar-refractivity contribution in [1.29, 1.82) is 0 Å². The van der Waals surface area contributed by atoms with Crippen LogP contribution in [0.2, 0.25) is 0 Å². The lowest BCUT2D eigenvalue weighted by molar-refractivity contribution is 0.278. The van der Waals surface area contributed by atoms with Crippen molar-refractivity contribution >= 4 is 11.0 Å². The second-order valence-electron chi connectivity index (χ2n) is 6.16. The molecule has 19 heavy (non-hydrogen) atoms. The number of nitrogens with one attached hydrogen (secondary N) is 1. The highest BCUT2D eigenvalue weighted by Gasteiger charge is 2.24. The second-order valence-corrected chi connectivity index (χ2v) is 6.16. The zero-order valence-electron chi connectivity index (χ0n) is 12.5. The molecule has 0 saturated heterocycles. The molecule has 0 aliphatic carbocycles. The average Bonchev–Trinajstić information content (AvgIpc) is 2.34. The summed E-state index contributed by atoms with van der Waals surface area (Å²) >= 11 is 0. The number of likely N-dealkylation sites (N-methyl/N-ethyl adjacent to an activating group) is 1. The van der Waals surface area contributed by atoms with Crippen molar-refractivity contribution in [2.24, 2.45) is 5.41 Å². The van der Waals surface area contributed by atoms with Crippen LogP contribution in [0.4, 0.5) is 0 Å². The van der Waals surface area contributed by atoms with Gasteiger partial charge in [0, 0.05) is 12.5 Å². The highest BCUT2D eigenvalue weighted by molar-refractivity contribution is 5.74. The van der Waals surface area contributed by atoms with E-state index in [4.69, 9.17) is 4.98 Å². The third kappa shape index (κ3) is 3.10. The summed E-state index contributed by atoms with van der Waals surface area (Å²) < 4.78 is 0. The monoisotopic (exact) mass is 257 g/mol. The molecule has 3 heteroatoms. The highest BCUT2D eigenvalue weighted by Crippen LogP contribution is 2.23. The SMILES string of the molecule is CNC(Cc1nc2ccccc2nc1C)C(C)(C)C. The third-order valence-electron chi connectivity index (χ3n) is 3.63. The Hall–Kier alpha value is -1.48. The molecule has 102 valence electrons. The third-order valence-corrected chi connectivity index (χ3v) is 3.63. The molecule has 0 aliphatic heterocycles. The largest absolute Gasteiger partial charge is 0.316 e. The first-order valence-corrected chi connectivity index (χ1v) is 6.81. The zero-order valence-corrected chi connectivity index (χ0v) is 12.5. The van der Waals surface area contributed by atoms with Gasteiger partial charge in [-0.15, -0.1) is 0 Å². The summed E-state index contributed by atoms with van der Waals surface area (Å²) in [7, 11) is 2.01. The molecule has 0 saturated carbocycles. The Balaban J connectivity index is 2.37. The minimum atomic E-state index is 0.203. The summed E-state index contributed by atoms with van der Waals surface area (Å²) in [6.45, 7) is 8.79. The normalized spacial score (nSPS) is 13.7. The van der Waals surface area contributed by atoms with Gasteiger partial charge in [0.2, 0.25) is 0 Å². The fourth-order valence-corrected chi connectivity index (χ4v) is 2.35. The number of nitrogens with zero attached hydrogens (tertiary/aromatic N) is 2. The molecule has 1 heterocycles. The first-order chi connectivity index (χ1) is 8.91. The molecule has 1 atom stereocenters. The van der Waals surface area contributed by atoms with Gasteiger partial charge in [-0.05, 0) is 31.5 Å². The van der Waals surface area contributed by atoms with Crippen LogP contribution in [0.5, 0.6) is 0 Å². The number of benzene rings is 1. The number of hydrogen-bond acceptors (Lipinski definition) is 3. The molecular weight excluding hydrogens is 234 g/mol. The Morgan fingerprint density at radius 2 is 1.68 bits per heavy atom. The topological polar surface area (TPSA) is 37.8 Å². The van der Waals surface area contributed by atoms with E-state index in [0.717, 1.165) is 28.8 Å². The molecule has 0 bridgehead atoms. The van der Waals surface area contributed by atoms with Gasteiger partial charge in [-0.25, -0.2) is 9.97 Å². The minimum Gasteiger partial charge on any atom is -0.316 e. The van der Waals surface area contributed by atoms with E-state index in [2.05, 4.69) is 31.1 Å². The van der Waals surface area contributed by atoms with Crippen molar-refractivity contribution in [3.63, 3.8) is 0 Å². The molecule has 2 aromatic rings. The smallest absolute Gasteiger partial charge is 0.0890 e. The first kappa shape index (κ1) is 13.9. The van der Waals surface area contributed by atoms with Crippen LogP contribution in [0.25, 0.3) is 11.0 Å². The van der Waals surface area contributed by atoms with Gasteiger partial charge in [0.25, 0.3) is 0 Å². The molecule has 0 aliphatic rings. The number of hydrogen-bond donors (Lipinski definition) is 1. The van der Waals surface area contributed by atoms with Crippen LogP contribution in [0.1, 0.15) is 32.2 Å². The molecule has 0 fully saturated rings.